The van der Waals surface area contributed by atoms with Gasteiger partial charge in [0.25, 0.3) is 11.8 Å². The van der Waals surface area contributed by atoms with Crippen LogP contribution in [0.3, 0.4) is 0 Å². The molecule has 0 saturated carbocycles. The second kappa shape index (κ2) is 18.3. The van der Waals surface area contributed by atoms with Crippen LogP contribution in [0.4, 0.5) is 11.4 Å². The van der Waals surface area contributed by atoms with E-state index in [-0.39, 0.29) is 42.6 Å². The minimum absolute atomic E-state index is 0.0956. The van der Waals surface area contributed by atoms with Crippen molar-refractivity contribution in [2.75, 3.05) is 19.7 Å². The molecule has 2 aromatic heterocycles. The summed E-state index contributed by atoms with van der Waals surface area (Å²) in [5.74, 6) is 1.76. The molecule has 7 rings (SSSR count). The van der Waals surface area contributed by atoms with Crippen molar-refractivity contribution in [1.29, 1.82) is 0 Å². The van der Waals surface area contributed by atoms with Gasteiger partial charge in [-0.3, -0.25) is 23.9 Å². The molecule has 0 bridgehead atoms. The van der Waals surface area contributed by atoms with Gasteiger partial charge >= 0.3 is 0 Å². The van der Waals surface area contributed by atoms with Crippen LogP contribution in [-0.4, -0.2) is 57.9 Å². The second-order valence-corrected chi connectivity index (χ2v) is 17.4. The average Bonchev–Trinajstić information content (AvgIpc) is 3.86. The Labute approximate surface area is 359 Å². The summed E-state index contributed by atoms with van der Waals surface area (Å²) >= 11 is 7.91. The Morgan fingerprint density at radius 3 is 2.32 bits per heavy atom. The molecule has 0 unspecified atom stereocenters. The van der Waals surface area contributed by atoms with Gasteiger partial charge in [0.15, 0.2) is 12.4 Å². The van der Waals surface area contributed by atoms with Crippen molar-refractivity contribution < 1.29 is 19.1 Å². The predicted molar refractivity (Wildman–Crippen MR) is 235 cm³/mol. The van der Waals surface area contributed by atoms with Crippen LogP contribution in [-0.2, 0) is 16.1 Å². The Morgan fingerprint density at radius 1 is 0.950 bits per heavy atom. The molecule has 15 heteroatoms. The summed E-state index contributed by atoms with van der Waals surface area (Å²) in [5.41, 5.74) is 8.51. The van der Waals surface area contributed by atoms with Crippen LogP contribution in [0.1, 0.15) is 125 Å². The SMILES string of the molecule is Cc1sc2c(c1C)C(c1ccc(Cl)cc1)=N[C@@H](CC(=O)NCCCCNC(=O)COc1c(C(C)C)cc(/N=N/c3cccc4c3CNC4=O)cc1C(C)C)c1nnc(C)n1-2. The zero-order valence-corrected chi connectivity index (χ0v) is 36.6. The Morgan fingerprint density at radius 2 is 1.63 bits per heavy atom. The van der Waals surface area contributed by atoms with E-state index in [1.54, 1.807) is 17.4 Å². The number of aromatic nitrogens is 3. The molecule has 0 saturated heterocycles. The summed E-state index contributed by atoms with van der Waals surface area (Å²) in [6.07, 6.45) is 1.45. The number of benzene rings is 3. The van der Waals surface area contributed by atoms with Crippen LogP contribution in [0.25, 0.3) is 5.00 Å². The molecule has 60 heavy (non-hydrogen) atoms. The zero-order chi connectivity index (χ0) is 42.7. The zero-order valence-electron chi connectivity index (χ0n) is 35.0. The Hall–Kier alpha value is -5.73. The number of rotatable bonds is 15. The van der Waals surface area contributed by atoms with E-state index in [1.165, 1.54) is 4.88 Å². The van der Waals surface area contributed by atoms with Crippen LogP contribution >= 0.6 is 22.9 Å². The van der Waals surface area contributed by atoms with Crippen molar-refractivity contribution >= 4 is 57.7 Å². The highest BCUT2D eigenvalue weighted by molar-refractivity contribution is 7.15. The van der Waals surface area contributed by atoms with Gasteiger partial charge in [-0.25, -0.2) is 0 Å². The number of azo groups is 1. The number of aliphatic imine (C=N–C) groups is 1. The maximum atomic E-state index is 13.4. The number of carbonyl (C=O) groups excluding carboxylic acids is 3. The summed E-state index contributed by atoms with van der Waals surface area (Å²) < 4.78 is 8.25. The highest BCUT2D eigenvalue weighted by atomic mass is 35.5. The number of hydrogen-bond donors (Lipinski definition) is 3. The van der Waals surface area contributed by atoms with Gasteiger partial charge in [0.05, 0.1) is 23.5 Å². The maximum Gasteiger partial charge on any atom is 0.257 e. The smallest absolute Gasteiger partial charge is 0.257 e. The lowest BCUT2D eigenvalue weighted by molar-refractivity contribution is -0.123. The van der Waals surface area contributed by atoms with E-state index < -0.39 is 6.04 Å². The lowest BCUT2D eigenvalue weighted by Crippen LogP contribution is -2.31. The first-order valence-electron chi connectivity index (χ1n) is 20.3. The van der Waals surface area contributed by atoms with E-state index in [4.69, 9.17) is 21.3 Å². The Balaban J connectivity index is 0.927. The van der Waals surface area contributed by atoms with E-state index in [0.29, 0.717) is 66.0 Å². The van der Waals surface area contributed by atoms with Gasteiger partial charge in [0, 0.05) is 51.8 Å². The summed E-state index contributed by atoms with van der Waals surface area (Å²) in [6.45, 7) is 15.6. The largest absolute Gasteiger partial charge is 0.483 e. The molecule has 3 amide bonds. The number of carbonyl (C=O) groups is 3. The topological polar surface area (TPSA) is 164 Å². The van der Waals surface area contributed by atoms with E-state index in [2.05, 4.69) is 77.9 Å². The molecule has 0 aliphatic carbocycles. The van der Waals surface area contributed by atoms with Crippen molar-refractivity contribution in [3.63, 3.8) is 0 Å². The molecule has 3 N–H and O–H groups in total. The molecule has 5 aromatic rings. The minimum atomic E-state index is -0.552. The Bertz CT molecular complexity index is 2470. The summed E-state index contributed by atoms with van der Waals surface area (Å²) in [7, 11) is 0. The highest BCUT2D eigenvalue weighted by Crippen LogP contribution is 2.41. The quantitative estimate of drug-likeness (QED) is 0.0703. The average molecular weight is 848 g/mol. The van der Waals surface area contributed by atoms with Gasteiger partial charge in [0.2, 0.25) is 5.91 Å². The standard InChI is InChI=1S/C45H50ClN9O4S/c1-24(2)33-19-31(52-53-36-12-10-11-32-35(36)22-49-44(32)58)20-34(25(3)4)42(33)59-23-39(57)48-18-9-8-17-47-38(56)21-37-43-54-51-28(7)55(43)45-40(26(5)27(6)60-45)41(50-37)29-13-15-30(46)16-14-29/h10-16,19-20,24-25,37H,8-9,17-18,21-23H2,1-7H3,(H,47,56)(H,48,57)(H,49,58)/b53-52+/t37-/m0/s1. The monoisotopic (exact) mass is 847 g/mol. The van der Waals surface area contributed by atoms with E-state index in [0.717, 1.165) is 49.9 Å². The van der Waals surface area contributed by atoms with E-state index in [1.807, 2.05) is 60.0 Å². The first-order valence-corrected chi connectivity index (χ1v) is 21.5. The molecule has 4 heterocycles. The van der Waals surface area contributed by atoms with Crippen LogP contribution in [0.5, 0.6) is 5.75 Å². The van der Waals surface area contributed by atoms with E-state index in [9.17, 15) is 14.4 Å². The number of nitrogens with one attached hydrogen (secondary N) is 3. The molecule has 2 aliphatic rings. The first kappa shape index (κ1) is 42.4. The fraction of sp³-hybridized carbons (Fsp3) is 0.378. The minimum Gasteiger partial charge on any atom is -0.483 e. The molecule has 0 spiro atoms. The molecular formula is C45H50ClN9O4S. The number of nitrogens with zero attached hydrogens (tertiary/aromatic N) is 6. The van der Waals surface area contributed by atoms with Crippen molar-refractivity contribution in [3.05, 3.63) is 115 Å². The van der Waals surface area contributed by atoms with Crippen LogP contribution in [0.2, 0.25) is 5.02 Å². The number of ether oxygens (including phenoxy) is 1. The molecule has 1 atom stereocenters. The van der Waals surface area contributed by atoms with Crippen LogP contribution < -0.4 is 20.7 Å². The van der Waals surface area contributed by atoms with Gasteiger partial charge in [-0.1, -0.05) is 57.5 Å². The fourth-order valence-electron chi connectivity index (χ4n) is 7.46. The van der Waals surface area contributed by atoms with Gasteiger partial charge in [-0.05, 0) is 98.5 Å². The number of fused-ring (bicyclic) bond motifs is 4. The van der Waals surface area contributed by atoms with Crippen LogP contribution in [0, 0.1) is 20.8 Å². The second-order valence-electron chi connectivity index (χ2n) is 15.8. The highest BCUT2D eigenvalue weighted by Gasteiger charge is 2.32. The number of aryl methyl sites for hydroxylation is 2. The number of thiophene rings is 1. The summed E-state index contributed by atoms with van der Waals surface area (Å²) in [6, 6.07) is 16.4. The predicted octanol–water partition coefficient (Wildman–Crippen LogP) is 9.19. The third kappa shape index (κ3) is 9.04. The third-order valence-corrected chi connectivity index (χ3v) is 12.2. The number of unbranched alkanes of at least 4 members (excludes halogenated alkanes) is 1. The maximum absolute atomic E-state index is 13.4. The third-order valence-electron chi connectivity index (χ3n) is 10.8. The Kier molecular flexibility index (Phi) is 12.9. The van der Waals surface area contributed by atoms with Gasteiger partial charge in [0.1, 0.15) is 22.6 Å². The van der Waals surface area contributed by atoms with Crippen molar-refractivity contribution in [1.82, 2.24) is 30.7 Å². The van der Waals surface area contributed by atoms with Crippen molar-refractivity contribution in [3.8, 4) is 10.8 Å². The molecule has 0 radical (unpaired) electrons. The van der Waals surface area contributed by atoms with Gasteiger partial charge in [-0.15, -0.1) is 21.5 Å². The number of amides is 3. The first-order chi connectivity index (χ1) is 28.8. The van der Waals surface area contributed by atoms with Gasteiger partial charge < -0.3 is 20.7 Å². The summed E-state index contributed by atoms with van der Waals surface area (Å²) in [5, 5.41) is 28.4. The van der Waals surface area contributed by atoms with Gasteiger partial charge in [-0.2, -0.15) is 10.2 Å². The number of hydrogen-bond acceptors (Lipinski definition) is 10. The lowest BCUT2D eigenvalue weighted by atomic mass is 9.93. The fourth-order valence-corrected chi connectivity index (χ4v) is 8.80. The van der Waals surface area contributed by atoms with E-state index >= 15 is 0 Å². The van der Waals surface area contributed by atoms with Crippen molar-refractivity contribution in [2.45, 2.75) is 92.2 Å². The molecular weight excluding hydrogens is 798 g/mol. The number of halogens is 1. The molecule has 312 valence electrons. The lowest BCUT2D eigenvalue weighted by Gasteiger charge is -2.20. The molecule has 2 aliphatic heterocycles. The molecule has 0 fully saturated rings. The molecule has 3 aromatic carbocycles. The van der Waals surface area contributed by atoms with Crippen molar-refractivity contribution in [2.24, 2.45) is 15.2 Å². The normalized spacial score (nSPS) is 14.5. The molecule has 13 nitrogen and oxygen atoms in total. The summed E-state index contributed by atoms with van der Waals surface area (Å²) in [4.78, 5) is 44.8. The van der Waals surface area contributed by atoms with Crippen LogP contribution in [0.15, 0.2) is 69.8 Å².